The van der Waals surface area contributed by atoms with Gasteiger partial charge < -0.3 is 25.4 Å². The van der Waals surface area contributed by atoms with Crippen molar-refractivity contribution in [2.75, 3.05) is 51.0 Å². The number of nitrogens with one attached hydrogen (secondary N) is 2. The Morgan fingerprint density at radius 1 is 1.50 bits per heavy atom. The van der Waals surface area contributed by atoms with Crippen LogP contribution in [0.25, 0.3) is 0 Å². The second-order valence-corrected chi connectivity index (χ2v) is 6.41. The fraction of sp³-hybridized carbons (Fsp3) is 0.733. The van der Waals surface area contributed by atoms with E-state index in [4.69, 9.17) is 4.74 Å². The minimum atomic E-state index is -0.840. The molecule has 0 unspecified atom stereocenters. The van der Waals surface area contributed by atoms with Gasteiger partial charge in [-0.25, -0.2) is 4.98 Å². The van der Waals surface area contributed by atoms with E-state index < -0.39 is 5.60 Å². The molecule has 0 aromatic carbocycles. The van der Waals surface area contributed by atoms with E-state index in [0.717, 1.165) is 25.3 Å². The molecule has 2 heterocycles. The summed E-state index contributed by atoms with van der Waals surface area (Å²) in [7, 11) is 3.86. The highest BCUT2D eigenvalue weighted by Crippen LogP contribution is 2.14. The maximum atomic E-state index is 10.3. The predicted octanol–water partition coefficient (Wildman–Crippen LogP) is 0.792. The second-order valence-electron chi connectivity index (χ2n) is 6.41. The Bertz CT molecular complexity index is 461. The molecule has 1 aromatic heterocycles. The van der Waals surface area contributed by atoms with Gasteiger partial charge in [-0.3, -0.25) is 0 Å². The van der Waals surface area contributed by atoms with E-state index in [1.807, 2.05) is 25.1 Å². The molecule has 22 heavy (non-hydrogen) atoms. The lowest BCUT2D eigenvalue weighted by molar-refractivity contribution is 0.0458. The minimum Gasteiger partial charge on any atom is -0.387 e. The molecule has 2 rings (SSSR count). The van der Waals surface area contributed by atoms with E-state index in [1.54, 1.807) is 13.1 Å². The average Bonchev–Trinajstić information content (AvgIpc) is 2.45. The third-order valence-corrected chi connectivity index (χ3v) is 3.45. The summed E-state index contributed by atoms with van der Waals surface area (Å²) in [6.45, 7) is 4.31. The Morgan fingerprint density at radius 2 is 2.32 bits per heavy atom. The van der Waals surface area contributed by atoms with E-state index >= 15 is 0 Å². The highest BCUT2D eigenvalue weighted by molar-refractivity contribution is 5.40. The molecule has 0 amide bonds. The second kappa shape index (κ2) is 7.71. The molecule has 124 valence electrons. The molecule has 7 heteroatoms. The molecular formula is C15H27N5O2. The average molecular weight is 309 g/mol. The van der Waals surface area contributed by atoms with Gasteiger partial charge in [-0.2, -0.15) is 4.98 Å². The zero-order valence-corrected chi connectivity index (χ0v) is 13.7. The van der Waals surface area contributed by atoms with Crippen molar-refractivity contribution in [1.82, 2.24) is 14.9 Å². The predicted molar refractivity (Wildman–Crippen MR) is 87.2 cm³/mol. The number of aromatic nitrogens is 2. The lowest BCUT2D eigenvalue weighted by Gasteiger charge is -2.27. The number of ether oxygens (including phenoxy) is 1. The van der Waals surface area contributed by atoms with Gasteiger partial charge >= 0.3 is 0 Å². The van der Waals surface area contributed by atoms with Crippen LogP contribution in [0.5, 0.6) is 0 Å². The summed E-state index contributed by atoms with van der Waals surface area (Å²) in [5, 5.41) is 16.7. The molecule has 7 nitrogen and oxygen atoms in total. The van der Waals surface area contributed by atoms with Crippen LogP contribution < -0.4 is 10.6 Å². The molecule has 1 aliphatic heterocycles. The van der Waals surface area contributed by atoms with Crippen molar-refractivity contribution in [3.8, 4) is 0 Å². The Morgan fingerprint density at radius 3 is 3.00 bits per heavy atom. The minimum absolute atomic E-state index is 0.299. The Hall–Kier alpha value is -1.44. The Kier molecular flexibility index (Phi) is 5.93. The highest BCUT2D eigenvalue weighted by atomic mass is 16.5. The van der Waals surface area contributed by atoms with Crippen LogP contribution in [0.15, 0.2) is 12.3 Å². The van der Waals surface area contributed by atoms with Crippen LogP contribution in [0.1, 0.15) is 19.8 Å². The van der Waals surface area contributed by atoms with Crippen LogP contribution in [0.4, 0.5) is 11.8 Å². The molecule has 0 radical (unpaired) electrons. The summed E-state index contributed by atoms with van der Waals surface area (Å²) in [6, 6.07) is 2.14. The summed E-state index contributed by atoms with van der Waals surface area (Å²) in [5.41, 5.74) is -0.840. The molecule has 1 fully saturated rings. The quantitative estimate of drug-likeness (QED) is 0.687. The zero-order chi connectivity index (χ0) is 16.0. The van der Waals surface area contributed by atoms with Gasteiger partial charge in [0.05, 0.1) is 18.2 Å². The largest absolute Gasteiger partial charge is 0.387 e. The zero-order valence-electron chi connectivity index (χ0n) is 13.7. The summed E-state index contributed by atoms with van der Waals surface area (Å²) in [4.78, 5) is 10.6. The SMILES string of the molecule is CN(C)C[C@@](C)(O)CNc1nccc(N[C@H]2CCCOC2)n1. The standard InChI is InChI=1S/C15H27N5O2/c1-15(21,11-20(2)3)10-17-14-16-7-6-13(19-14)18-12-5-4-8-22-9-12/h6-7,12,21H,4-5,8-11H2,1-3H3,(H2,16,17,18,19)/t12-,15-/m0/s1. The van der Waals surface area contributed by atoms with Crippen LogP contribution in [0.3, 0.4) is 0 Å². The summed E-state index contributed by atoms with van der Waals surface area (Å²) >= 11 is 0. The molecule has 2 atom stereocenters. The monoisotopic (exact) mass is 309 g/mol. The first-order valence-electron chi connectivity index (χ1n) is 7.73. The molecule has 3 N–H and O–H groups in total. The van der Waals surface area contributed by atoms with Crippen molar-refractivity contribution in [3.05, 3.63) is 12.3 Å². The van der Waals surface area contributed by atoms with Crippen molar-refractivity contribution < 1.29 is 9.84 Å². The van der Waals surface area contributed by atoms with Crippen LogP contribution in [0.2, 0.25) is 0 Å². The van der Waals surface area contributed by atoms with E-state index in [0.29, 0.717) is 31.7 Å². The third-order valence-electron chi connectivity index (χ3n) is 3.45. The van der Waals surface area contributed by atoms with E-state index in [-0.39, 0.29) is 0 Å². The van der Waals surface area contributed by atoms with E-state index in [9.17, 15) is 5.11 Å². The van der Waals surface area contributed by atoms with Crippen LogP contribution in [0, 0.1) is 0 Å². The van der Waals surface area contributed by atoms with E-state index in [2.05, 4.69) is 20.6 Å². The van der Waals surface area contributed by atoms with Gasteiger partial charge in [-0.15, -0.1) is 0 Å². The molecule has 0 bridgehead atoms. The van der Waals surface area contributed by atoms with Crippen LogP contribution in [-0.2, 0) is 4.74 Å². The maximum Gasteiger partial charge on any atom is 0.224 e. The lowest BCUT2D eigenvalue weighted by Crippen LogP contribution is -2.43. The summed E-state index contributed by atoms with van der Waals surface area (Å²) in [6.07, 6.45) is 3.87. The maximum absolute atomic E-state index is 10.3. The normalized spacial score (nSPS) is 21.4. The van der Waals surface area contributed by atoms with E-state index in [1.165, 1.54) is 0 Å². The van der Waals surface area contributed by atoms with Gasteiger partial charge in [0.25, 0.3) is 0 Å². The number of hydrogen-bond donors (Lipinski definition) is 3. The van der Waals surface area contributed by atoms with Gasteiger partial charge in [-0.05, 0) is 39.9 Å². The van der Waals surface area contributed by atoms with Crippen molar-refractivity contribution in [2.45, 2.75) is 31.4 Å². The fourth-order valence-corrected chi connectivity index (χ4v) is 2.59. The van der Waals surface area contributed by atoms with Crippen molar-refractivity contribution in [3.63, 3.8) is 0 Å². The highest BCUT2D eigenvalue weighted by Gasteiger charge is 2.21. The number of likely N-dealkylation sites (N-methyl/N-ethyl adjacent to an activating group) is 1. The Balaban J connectivity index is 1.88. The van der Waals surface area contributed by atoms with Gasteiger partial charge in [0.15, 0.2) is 0 Å². The molecule has 1 aromatic rings. The molecule has 1 saturated heterocycles. The van der Waals surface area contributed by atoms with Gasteiger partial charge in [0.2, 0.25) is 5.95 Å². The lowest BCUT2D eigenvalue weighted by atomic mass is 10.1. The first kappa shape index (κ1) is 16.9. The molecule has 1 aliphatic rings. The topological polar surface area (TPSA) is 82.5 Å². The number of aliphatic hydroxyl groups is 1. The summed E-state index contributed by atoms with van der Waals surface area (Å²) in [5.74, 6) is 1.29. The van der Waals surface area contributed by atoms with Gasteiger partial charge in [0, 0.05) is 25.9 Å². The van der Waals surface area contributed by atoms with Crippen molar-refractivity contribution in [1.29, 1.82) is 0 Å². The van der Waals surface area contributed by atoms with Gasteiger partial charge in [0.1, 0.15) is 5.82 Å². The molecule has 0 spiro atoms. The number of anilines is 2. The summed E-state index contributed by atoms with van der Waals surface area (Å²) < 4.78 is 5.45. The molecule has 0 aliphatic carbocycles. The fourth-order valence-electron chi connectivity index (χ4n) is 2.59. The number of hydrogen-bond acceptors (Lipinski definition) is 7. The molecule has 0 saturated carbocycles. The molecular weight excluding hydrogens is 282 g/mol. The van der Waals surface area contributed by atoms with Gasteiger partial charge in [-0.1, -0.05) is 0 Å². The number of rotatable bonds is 7. The van der Waals surface area contributed by atoms with Crippen LogP contribution >= 0.6 is 0 Å². The Labute approximate surface area is 132 Å². The smallest absolute Gasteiger partial charge is 0.224 e. The van der Waals surface area contributed by atoms with Crippen molar-refractivity contribution >= 4 is 11.8 Å². The first-order chi connectivity index (χ1) is 10.4. The van der Waals surface area contributed by atoms with Crippen LogP contribution in [-0.4, -0.2) is 72.0 Å². The third kappa shape index (κ3) is 5.75. The first-order valence-corrected chi connectivity index (χ1v) is 7.73. The number of nitrogens with zero attached hydrogens (tertiary/aromatic N) is 3. The van der Waals surface area contributed by atoms with Crippen molar-refractivity contribution in [2.24, 2.45) is 0 Å².